The van der Waals surface area contributed by atoms with Crippen molar-refractivity contribution in [1.29, 1.82) is 0 Å². The zero-order chi connectivity index (χ0) is 21.9. The summed E-state index contributed by atoms with van der Waals surface area (Å²) in [4.78, 5) is 26.5. The maximum absolute atomic E-state index is 12.9. The average Bonchev–Trinajstić information content (AvgIpc) is 3.12. The molecule has 0 saturated carbocycles. The van der Waals surface area contributed by atoms with Crippen LogP contribution in [0.3, 0.4) is 0 Å². The van der Waals surface area contributed by atoms with Gasteiger partial charge in [0.1, 0.15) is 5.76 Å². The van der Waals surface area contributed by atoms with Crippen LogP contribution in [0.5, 0.6) is 0 Å². The predicted octanol–water partition coefficient (Wildman–Crippen LogP) is 2.24. The van der Waals surface area contributed by atoms with Crippen molar-refractivity contribution in [2.24, 2.45) is 5.92 Å². The van der Waals surface area contributed by atoms with Crippen LogP contribution in [0.15, 0.2) is 44.2 Å². The molecule has 0 aliphatic carbocycles. The van der Waals surface area contributed by atoms with E-state index in [4.69, 9.17) is 4.52 Å². The zero-order valence-corrected chi connectivity index (χ0v) is 19.1. The Morgan fingerprint density at radius 3 is 2.67 bits per heavy atom. The molecule has 30 heavy (non-hydrogen) atoms. The van der Waals surface area contributed by atoms with E-state index >= 15 is 0 Å². The number of benzene rings is 1. The number of hydrogen-bond donors (Lipinski definition) is 1. The maximum Gasteiger partial charge on any atom is 0.245 e. The number of likely N-dealkylation sites (N-methyl/N-ethyl adjacent to an activating group) is 1. The fourth-order valence-corrected chi connectivity index (χ4v) is 5.12. The highest BCUT2D eigenvalue weighted by atomic mass is 79.9. The number of nitrogens with zero attached hydrogens (tertiary/aromatic N) is 3. The Labute approximate surface area is 183 Å². The van der Waals surface area contributed by atoms with Gasteiger partial charge >= 0.3 is 0 Å². The molecule has 1 aliphatic rings. The van der Waals surface area contributed by atoms with Gasteiger partial charge in [0.2, 0.25) is 21.8 Å². The van der Waals surface area contributed by atoms with E-state index in [9.17, 15) is 18.0 Å². The molecule has 1 aromatic heterocycles. The van der Waals surface area contributed by atoms with Crippen LogP contribution in [0.1, 0.15) is 18.6 Å². The van der Waals surface area contributed by atoms with Crippen molar-refractivity contribution in [2.75, 3.05) is 32.0 Å². The molecular formula is C19H23BrN4O5S. The second-order valence-electron chi connectivity index (χ2n) is 7.22. The third kappa shape index (κ3) is 5.27. The third-order valence-corrected chi connectivity index (χ3v) is 7.25. The Morgan fingerprint density at radius 1 is 1.33 bits per heavy atom. The Kier molecular flexibility index (Phi) is 6.94. The smallest absolute Gasteiger partial charge is 0.245 e. The van der Waals surface area contributed by atoms with Crippen LogP contribution in [0.25, 0.3) is 0 Å². The topological polar surface area (TPSA) is 113 Å². The predicted molar refractivity (Wildman–Crippen MR) is 113 cm³/mol. The number of piperidine rings is 1. The molecule has 2 aromatic rings. The van der Waals surface area contributed by atoms with Crippen LogP contribution < -0.4 is 5.32 Å². The van der Waals surface area contributed by atoms with Crippen molar-refractivity contribution in [3.8, 4) is 0 Å². The molecule has 1 fully saturated rings. The van der Waals surface area contributed by atoms with E-state index in [2.05, 4.69) is 26.4 Å². The number of aryl methyl sites for hydroxylation is 1. The lowest BCUT2D eigenvalue weighted by molar-refractivity contribution is -0.138. The molecule has 1 aliphatic heterocycles. The van der Waals surface area contributed by atoms with Gasteiger partial charge in [0.05, 0.1) is 17.4 Å². The SMILES string of the molecule is Cc1cc(NC(=O)CN(C)C(=O)[C@H]2CCCN(S(=O)(=O)c3ccc(Br)cc3)C2)no1. The number of rotatable bonds is 6. The first-order valence-corrected chi connectivity index (χ1v) is 11.6. The number of nitrogens with one attached hydrogen (secondary N) is 1. The highest BCUT2D eigenvalue weighted by Gasteiger charge is 2.34. The summed E-state index contributed by atoms with van der Waals surface area (Å²) >= 11 is 3.29. The van der Waals surface area contributed by atoms with E-state index in [1.54, 1.807) is 25.1 Å². The fraction of sp³-hybridized carbons (Fsp3) is 0.421. The van der Waals surface area contributed by atoms with Gasteiger partial charge in [-0.2, -0.15) is 4.31 Å². The molecule has 2 heterocycles. The van der Waals surface area contributed by atoms with Gasteiger partial charge in [-0.05, 0) is 44.0 Å². The van der Waals surface area contributed by atoms with E-state index in [0.717, 1.165) is 4.47 Å². The number of halogens is 1. The lowest BCUT2D eigenvalue weighted by atomic mass is 9.98. The number of carbonyl (C=O) groups excluding carboxylic acids is 2. The summed E-state index contributed by atoms with van der Waals surface area (Å²) in [5.41, 5.74) is 0. The van der Waals surface area contributed by atoms with Crippen molar-refractivity contribution < 1.29 is 22.5 Å². The van der Waals surface area contributed by atoms with Gasteiger partial charge in [0.15, 0.2) is 5.82 Å². The van der Waals surface area contributed by atoms with Gasteiger partial charge in [-0.1, -0.05) is 21.1 Å². The molecule has 0 bridgehead atoms. The molecule has 0 unspecified atom stereocenters. The van der Waals surface area contributed by atoms with E-state index < -0.39 is 21.8 Å². The molecule has 2 amide bonds. The highest BCUT2D eigenvalue weighted by molar-refractivity contribution is 9.10. The van der Waals surface area contributed by atoms with Gasteiger partial charge < -0.3 is 14.7 Å². The Morgan fingerprint density at radius 2 is 2.03 bits per heavy atom. The van der Waals surface area contributed by atoms with E-state index in [1.807, 2.05) is 0 Å². The largest absolute Gasteiger partial charge is 0.360 e. The van der Waals surface area contributed by atoms with E-state index in [0.29, 0.717) is 25.1 Å². The number of sulfonamides is 1. The summed E-state index contributed by atoms with van der Waals surface area (Å²) in [6, 6.07) is 7.98. The van der Waals surface area contributed by atoms with Crippen molar-refractivity contribution in [2.45, 2.75) is 24.7 Å². The summed E-state index contributed by atoms with van der Waals surface area (Å²) in [6.07, 6.45) is 1.14. The van der Waals surface area contributed by atoms with E-state index in [1.165, 1.54) is 28.4 Å². The van der Waals surface area contributed by atoms with Crippen molar-refractivity contribution in [3.05, 3.63) is 40.6 Å². The molecule has 1 saturated heterocycles. The monoisotopic (exact) mass is 498 g/mol. The van der Waals surface area contributed by atoms with Gasteiger partial charge in [0, 0.05) is 30.7 Å². The molecule has 11 heteroatoms. The Hall–Kier alpha value is -2.24. The molecule has 162 valence electrons. The Balaban J connectivity index is 1.61. The zero-order valence-electron chi connectivity index (χ0n) is 16.7. The van der Waals surface area contributed by atoms with Crippen LogP contribution in [0.4, 0.5) is 5.82 Å². The van der Waals surface area contributed by atoms with Crippen LogP contribution >= 0.6 is 15.9 Å². The molecule has 1 aromatic carbocycles. The summed E-state index contributed by atoms with van der Waals surface area (Å²) in [5.74, 6) is -0.339. The molecule has 0 radical (unpaired) electrons. The second kappa shape index (κ2) is 9.27. The molecule has 0 spiro atoms. The molecule has 1 atom stereocenters. The van der Waals surface area contributed by atoms with Gasteiger partial charge in [-0.3, -0.25) is 9.59 Å². The minimum Gasteiger partial charge on any atom is -0.360 e. The molecule has 1 N–H and O–H groups in total. The minimum absolute atomic E-state index is 0.0890. The number of aromatic nitrogens is 1. The number of carbonyl (C=O) groups is 2. The first-order chi connectivity index (χ1) is 14.2. The normalized spacial score (nSPS) is 17.5. The standard InChI is InChI=1S/C19H23BrN4O5S/c1-13-10-17(22-29-13)21-18(25)12-23(2)19(26)14-4-3-9-24(11-14)30(27,28)16-7-5-15(20)6-8-16/h5-8,10,14H,3-4,9,11-12H2,1-2H3,(H,21,22,25)/t14-/m0/s1. The molecular weight excluding hydrogens is 476 g/mol. The van der Waals surface area contributed by atoms with Crippen LogP contribution in [-0.4, -0.2) is 61.3 Å². The average molecular weight is 499 g/mol. The number of hydrogen-bond acceptors (Lipinski definition) is 6. The Bertz CT molecular complexity index is 1020. The third-order valence-electron chi connectivity index (χ3n) is 4.84. The number of anilines is 1. The second-order valence-corrected chi connectivity index (χ2v) is 10.1. The summed E-state index contributed by atoms with van der Waals surface area (Å²) in [7, 11) is -2.16. The van der Waals surface area contributed by atoms with Crippen LogP contribution in [-0.2, 0) is 19.6 Å². The van der Waals surface area contributed by atoms with Gasteiger partial charge in [-0.25, -0.2) is 8.42 Å². The summed E-state index contributed by atoms with van der Waals surface area (Å²) in [5, 5.41) is 6.24. The highest BCUT2D eigenvalue weighted by Crippen LogP contribution is 2.25. The van der Waals surface area contributed by atoms with E-state index in [-0.39, 0.29) is 29.7 Å². The maximum atomic E-state index is 12.9. The molecule has 9 nitrogen and oxygen atoms in total. The van der Waals surface area contributed by atoms with Crippen LogP contribution in [0, 0.1) is 12.8 Å². The van der Waals surface area contributed by atoms with Crippen molar-refractivity contribution >= 4 is 43.6 Å². The fourth-order valence-electron chi connectivity index (χ4n) is 3.33. The van der Waals surface area contributed by atoms with Gasteiger partial charge in [-0.15, -0.1) is 0 Å². The number of amides is 2. The molecule has 3 rings (SSSR count). The first-order valence-electron chi connectivity index (χ1n) is 9.40. The summed E-state index contributed by atoms with van der Waals surface area (Å²) in [6.45, 7) is 1.99. The van der Waals surface area contributed by atoms with Gasteiger partial charge in [0.25, 0.3) is 0 Å². The van der Waals surface area contributed by atoms with Crippen molar-refractivity contribution in [1.82, 2.24) is 14.4 Å². The quantitative estimate of drug-likeness (QED) is 0.653. The van der Waals surface area contributed by atoms with Crippen molar-refractivity contribution in [3.63, 3.8) is 0 Å². The first kappa shape index (κ1) is 22.4. The van der Waals surface area contributed by atoms with Crippen LogP contribution in [0.2, 0.25) is 0 Å². The lowest BCUT2D eigenvalue weighted by Gasteiger charge is -2.33. The lowest BCUT2D eigenvalue weighted by Crippen LogP contribution is -2.47. The summed E-state index contributed by atoms with van der Waals surface area (Å²) < 4.78 is 32.9. The minimum atomic E-state index is -3.69.